The van der Waals surface area contributed by atoms with Crippen LogP contribution in [0.1, 0.15) is 12.5 Å². The Hall–Kier alpha value is -3.55. The van der Waals surface area contributed by atoms with Gasteiger partial charge in [-0.15, -0.1) is 0 Å². The van der Waals surface area contributed by atoms with Gasteiger partial charge < -0.3 is 5.32 Å². The monoisotopic (exact) mass is 486 g/mol. The van der Waals surface area contributed by atoms with Gasteiger partial charge in [0.15, 0.2) is 0 Å². The number of carbonyl (C=O) groups is 2. The molecule has 1 aliphatic rings. The predicted octanol–water partition coefficient (Wildman–Crippen LogP) is 6.36. The number of thiocarbonyl (C=S) groups is 1. The molecule has 0 saturated carbocycles. The highest BCUT2D eigenvalue weighted by molar-refractivity contribution is 8.26. The van der Waals surface area contributed by atoms with E-state index in [0.717, 1.165) is 27.1 Å². The highest BCUT2D eigenvalue weighted by Crippen LogP contribution is 2.37. The standard InChI is InChI=1S/C27H19FN2O2S2/c1-16(25(31)29-20-12-10-19(28)11-13-20)30-26(32)24(34-27(30)33)15-23-21-8-4-2-6-17(21)14-18-7-3-5-9-22(18)23/h2-16H,1H3,(H,29,31)/b24-15-. The first-order valence-corrected chi connectivity index (χ1v) is 11.9. The molecule has 4 aromatic carbocycles. The van der Waals surface area contributed by atoms with Gasteiger partial charge in [0.1, 0.15) is 16.2 Å². The lowest BCUT2D eigenvalue weighted by atomic mass is 9.96. The SMILES string of the molecule is CC(C(=O)Nc1ccc(F)cc1)N1C(=O)/C(=C/c2c3ccccc3cc3ccccc23)SC1=S. The molecular weight excluding hydrogens is 467 g/mol. The van der Waals surface area contributed by atoms with E-state index >= 15 is 0 Å². The highest BCUT2D eigenvalue weighted by atomic mass is 32.2. The molecule has 0 aromatic heterocycles. The van der Waals surface area contributed by atoms with Gasteiger partial charge in [-0.25, -0.2) is 4.39 Å². The van der Waals surface area contributed by atoms with Crippen molar-refractivity contribution in [1.29, 1.82) is 0 Å². The van der Waals surface area contributed by atoms with Crippen molar-refractivity contribution < 1.29 is 14.0 Å². The number of thioether (sulfide) groups is 1. The lowest BCUT2D eigenvalue weighted by Crippen LogP contribution is -2.44. The molecule has 4 nitrogen and oxygen atoms in total. The van der Waals surface area contributed by atoms with Gasteiger partial charge in [-0.05, 0) is 70.4 Å². The first kappa shape index (κ1) is 22.3. The Morgan fingerprint density at radius 1 is 1.00 bits per heavy atom. The number of halogens is 1. The van der Waals surface area contributed by atoms with E-state index in [1.54, 1.807) is 6.92 Å². The van der Waals surface area contributed by atoms with Crippen molar-refractivity contribution in [3.05, 3.63) is 95.1 Å². The summed E-state index contributed by atoms with van der Waals surface area (Å²) < 4.78 is 13.5. The van der Waals surface area contributed by atoms with Gasteiger partial charge in [0.05, 0.1) is 4.91 Å². The fraction of sp³-hybridized carbons (Fsp3) is 0.0741. The minimum Gasteiger partial charge on any atom is -0.324 e. The summed E-state index contributed by atoms with van der Waals surface area (Å²) in [6, 6.07) is 22.9. The summed E-state index contributed by atoms with van der Waals surface area (Å²) in [7, 11) is 0. The molecule has 2 amide bonds. The van der Waals surface area contributed by atoms with Gasteiger partial charge in [-0.1, -0.05) is 72.5 Å². The summed E-state index contributed by atoms with van der Waals surface area (Å²) in [5.41, 5.74) is 1.39. The fourth-order valence-electron chi connectivity index (χ4n) is 4.05. The third kappa shape index (κ3) is 4.08. The topological polar surface area (TPSA) is 49.4 Å². The molecular formula is C27H19FN2O2S2. The molecule has 1 N–H and O–H groups in total. The van der Waals surface area contributed by atoms with Gasteiger partial charge >= 0.3 is 0 Å². The molecule has 0 spiro atoms. The van der Waals surface area contributed by atoms with Crippen molar-refractivity contribution in [3.8, 4) is 0 Å². The summed E-state index contributed by atoms with van der Waals surface area (Å²) in [6.45, 7) is 1.62. The normalized spacial score (nSPS) is 15.9. The summed E-state index contributed by atoms with van der Waals surface area (Å²) in [5.74, 6) is -1.11. The minimum absolute atomic E-state index is 0.311. The Balaban J connectivity index is 1.48. The van der Waals surface area contributed by atoms with Gasteiger partial charge in [-0.3, -0.25) is 14.5 Å². The highest BCUT2D eigenvalue weighted by Gasteiger charge is 2.38. The van der Waals surface area contributed by atoms with Crippen molar-refractivity contribution in [2.75, 3.05) is 5.32 Å². The number of nitrogens with zero attached hydrogens (tertiary/aromatic N) is 1. The number of hydrogen-bond donors (Lipinski definition) is 1. The van der Waals surface area contributed by atoms with E-state index in [4.69, 9.17) is 12.2 Å². The first-order valence-electron chi connectivity index (χ1n) is 10.7. The number of anilines is 1. The second kappa shape index (κ2) is 9.00. The van der Waals surface area contributed by atoms with Crippen LogP contribution < -0.4 is 5.32 Å². The molecule has 4 aromatic rings. The van der Waals surface area contributed by atoms with Gasteiger partial charge in [0, 0.05) is 5.69 Å². The molecule has 1 heterocycles. The molecule has 0 aliphatic carbocycles. The Bertz CT molecular complexity index is 1440. The molecule has 1 saturated heterocycles. The van der Waals surface area contributed by atoms with Crippen molar-refractivity contribution in [2.24, 2.45) is 0 Å². The van der Waals surface area contributed by atoms with E-state index in [1.165, 1.54) is 40.9 Å². The van der Waals surface area contributed by atoms with Crippen LogP contribution in [0, 0.1) is 5.82 Å². The average Bonchev–Trinajstić information content (AvgIpc) is 3.12. The third-order valence-electron chi connectivity index (χ3n) is 5.79. The molecule has 5 rings (SSSR count). The summed E-state index contributed by atoms with van der Waals surface area (Å²) >= 11 is 6.66. The Kier molecular flexibility index (Phi) is 5.89. The largest absolute Gasteiger partial charge is 0.324 e. The second-order valence-electron chi connectivity index (χ2n) is 7.96. The zero-order valence-electron chi connectivity index (χ0n) is 18.1. The fourth-order valence-corrected chi connectivity index (χ4v) is 5.45. The third-order valence-corrected chi connectivity index (χ3v) is 7.12. The Labute approximate surface area is 205 Å². The lowest BCUT2D eigenvalue weighted by molar-refractivity contribution is -0.129. The average molecular weight is 487 g/mol. The van der Waals surface area contributed by atoms with Crippen LogP contribution in [0.15, 0.2) is 83.8 Å². The maximum absolute atomic E-state index is 13.4. The predicted molar refractivity (Wildman–Crippen MR) is 141 cm³/mol. The number of fused-ring (bicyclic) bond motifs is 2. The molecule has 0 radical (unpaired) electrons. The van der Waals surface area contributed by atoms with Crippen LogP contribution in [-0.2, 0) is 9.59 Å². The van der Waals surface area contributed by atoms with Crippen LogP contribution >= 0.6 is 24.0 Å². The van der Waals surface area contributed by atoms with Gasteiger partial charge in [-0.2, -0.15) is 0 Å². The number of benzene rings is 4. The van der Waals surface area contributed by atoms with Crippen LogP contribution in [0.25, 0.3) is 27.6 Å². The molecule has 1 unspecified atom stereocenters. The van der Waals surface area contributed by atoms with Crippen LogP contribution in [-0.4, -0.2) is 27.1 Å². The van der Waals surface area contributed by atoms with E-state index in [2.05, 4.69) is 11.4 Å². The maximum atomic E-state index is 13.4. The van der Waals surface area contributed by atoms with E-state index in [-0.39, 0.29) is 5.91 Å². The van der Waals surface area contributed by atoms with Crippen LogP contribution in [0.3, 0.4) is 0 Å². The molecule has 168 valence electrons. The number of carbonyl (C=O) groups excluding carboxylic acids is 2. The molecule has 1 atom stereocenters. The van der Waals surface area contributed by atoms with Crippen molar-refractivity contribution in [2.45, 2.75) is 13.0 Å². The van der Waals surface area contributed by atoms with Crippen LogP contribution in [0.2, 0.25) is 0 Å². The summed E-state index contributed by atoms with van der Waals surface area (Å²) in [6.07, 6.45) is 1.87. The number of rotatable bonds is 4. The lowest BCUT2D eigenvalue weighted by Gasteiger charge is -2.22. The number of nitrogens with one attached hydrogen (secondary N) is 1. The van der Waals surface area contributed by atoms with Gasteiger partial charge in [0.2, 0.25) is 5.91 Å². The maximum Gasteiger partial charge on any atom is 0.266 e. The number of hydrogen-bond acceptors (Lipinski definition) is 4. The first-order chi connectivity index (χ1) is 16.4. The molecule has 1 aliphatic heterocycles. The van der Waals surface area contributed by atoms with E-state index in [0.29, 0.717) is 14.9 Å². The second-order valence-corrected chi connectivity index (χ2v) is 9.63. The number of amides is 2. The molecule has 1 fully saturated rings. The zero-order valence-corrected chi connectivity index (χ0v) is 19.8. The Morgan fingerprint density at radius 3 is 2.21 bits per heavy atom. The van der Waals surface area contributed by atoms with E-state index < -0.39 is 17.8 Å². The van der Waals surface area contributed by atoms with E-state index in [9.17, 15) is 14.0 Å². The van der Waals surface area contributed by atoms with Crippen LogP contribution in [0.5, 0.6) is 0 Å². The summed E-state index contributed by atoms with van der Waals surface area (Å²) in [4.78, 5) is 28.0. The minimum atomic E-state index is -0.826. The molecule has 0 bridgehead atoms. The smallest absolute Gasteiger partial charge is 0.266 e. The Morgan fingerprint density at radius 2 is 1.59 bits per heavy atom. The van der Waals surface area contributed by atoms with Crippen molar-refractivity contribution >= 4 is 73.4 Å². The van der Waals surface area contributed by atoms with E-state index in [1.807, 2.05) is 54.6 Å². The van der Waals surface area contributed by atoms with Crippen molar-refractivity contribution in [1.82, 2.24) is 4.90 Å². The van der Waals surface area contributed by atoms with Crippen LogP contribution in [0.4, 0.5) is 10.1 Å². The van der Waals surface area contributed by atoms with Crippen molar-refractivity contribution in [3.63, 3.8) is 0 Å². The molecule has 7 heteroatoms. The zero-order chi connectivity index (χ0) is 23.8. The quantitative estimate of drug-likeness (QED) is 0.207. The van der Waals surface area contributed by atoms with Gasteiger partial charge in [0.25, 0.3) is 5.91 Å². The summed E-state index contributed by atoms with van der Waals surface area (Å²) in [5, 5.41) is 6.94. The molecule has 34 heavy (non-hydrogen) atoms.